The van der Waals surface area contributed by atoms with Gasteiger partial charge in [-0.3, -0.25) is 14.5 Å². The number of rotatable bonds is 5. The summed E-state index contributed by atoms with van der Waals surface area (Å²) in [5.41, 5.74) is 0.503. The predicted octanol–water partition coefficient (Wildman–Crippen LogP) is 4.27. The molecule has 0 radical (unpaired) electrons. The molecule has 1 N–H and O–H groups in total. The number of hydrogen-bond donors (Lipinski definition) is 1. The Morgan fingerprint density at radius 2 is 1.93 bits per heavy atom. The first-order chi connectivity index (χ1) is 14.0. The molecule has 154 valence electrons. The van der Waals surface area contributed by atoms with E-state index < -0.39 is 5.91 Å². The molecule has 0 saturated heterocycles. The number of aromatic nitrogens is 1. The van der Waals surface area contributed by atoms with Crippen LogP contribution in [0.4, 0.5) is 5.69 Å². The third kappa shape index (κ3) is 4.44. The minimum atomic E-state index is -0.504. The zero-order valence-electron chi connectivity index (χ0n) is 15.5. The smallest absolute Gasteiger partial charge is 0.280 e. The first-order valence-electron chi connectivity index (χ1n) is 9.34. The third-order valence-electron chi connectivity index (χ3n) is 4.99. The molecular weight excluding hydrogens is 437 g/mol. The van der Waals surface area contributed by atoms with Crippen LogP contribution in [-0.4, -0.2) is 35.6 Å². The van der Waals surface area contributed by atoms with Gasteiger partial charge in [-0.05, 0) is 36.5 Å². The average molecular weight is 456 g/mol. The summed E-state index contributed by atoms with van der Waals surface area (Å²) >= 11 is 13.0. The number of nitrogens with zero attached hydrogens (tertiary/aromatic N) is 2. The number of amides is 2. The Bertz CT molecular complexity index is 930. The van der Waals surface area contributed by atoms with Crippen molar-refractivity contribution in [2.24, 2.45) is 0 Å². The van der Waals surface area contributed by atoms with E-state index in [1.807, 2.05) is 0 Å². The molecule has 1 aliphatic heterocycles. The van der Waals surface area contributed by atoms with Crippen LogP contribution in [0.5, 0.6) is 11.5 Å². The fourth-order valence-electron chi connectivity index (χ4n) is 3.52. The van der Waals surface area contributed by atoms with Gasteiger partial charge < -0.3 is 14.8 Å². The quantitative estimate of drug-likeness (QED) is 0.727. The van der Waals surface area contributed by atoms with Gasteiger partial charge in [0.1, 0.15) is 15.9 Å². The van der Waals surface area contributed by atoms with Crippen LogP contribution in [0.1, 0.15) is 42.6 Å². The molecule has 0 spiro atoms. The van der Waals surface area contributed by atoms with Crippen LogP contribution < -0.4 is 19.7 Å². The number of ether oxygens (including phenoxy) is 2. The molecule has 2 aromatic rings. The standard InChI is InChI=1S/C19H19Cl2N3O4S/c20-16-17(23-29-18(16)21)19(26)24(9-15(25)22-11-4-2-1-3-5-11)12-6-7-13-14(8-12)28-10-27-13/h6-8,11H,1-5,9-10H2,(H,22,25). The fourth-order valence-corrected chi connectivity index (χ4v) is 4.50. The van der Waals surface area contributed by atoms with Crippen LogP contribution in [0, 0.1) is 0 Å². The zero-order valence-corrected chi connectivity index (χ0v) is 17.8. The van der Waals surface area contributed by atoms with Gasteiger partial charge in [0, 0.05) is 17.8 Å². The van der Waals surface area contributed by atoms with Crippen LogP contribution in [0.25, 0.3) is 0 Å². The lowest BCUT2D eigenvalue weighted by molar-refractivity contribution is -0.120. The highest BCUT2D eigenvalue weighted by Crippen LogP contribution is 2.37. The van der Waals surface area contributed by atoms with Crippen LogP contribution in [0.2, 0.25) is 9.36 Å². The number of nitrogens with one attached hydrogen (secondary N) is 1. The minimum absolute atomic E-state index is 0.0183. The summed E-state index contributed by atoms with van der Waals surface area (Å²) in [5, 5.41) is 3.12. The molecule has 7 nitrogen and oxygen atoms in total. The predicted molar refractivity (Wildman–Crippen MR) is 111 cm³/mol. The van der Waals surface area contributed by atoms with Crippen molar-refractivity contribution >= 4 is 52.2 Å². The third-order valence-corrected chi connectivity index (χ3v) is 6.60. The van der Waals surface area contributed by atoms with Crippen molar-refractivity contribution in [1.29, 1.82) is 0 Å². The van der Waals surface area contributed by atoms with Crippen LogP contribution in [-0.2, 0) is 4.79 Å². The van der Waals surface area contributed by atoms with Gasteiger partial charge in [-0.2, -0.15) is 4.37 Å². The molecule has 1 fully saturated rings. The molecule has 2 aliphatic rings. The summed E-state index contributed by atoms with van der Waals surface area (Å²) in [6.45, 7) is -0.0527. The number of benzene rings is 1. The second-order valence-corrected chi connectivity index (χ2v) is 8.70. The van der Waals surface area contributed by atoms with Gasteiger partial charge in [0.15, 0.2) is 17.2 Å². The average Bonchev–Trinajstić information content (AvgIpc) is 3.32. The maximum atomic E-state index is 13.2. The van der Waals surface area contributed by atoms with Gasteiger partial charge in [-0.25, -0.2) is 0 Å². The van der Waals surface area contributed by atoms with Crippen molar-refractivity contribution in [3.05, 3.63) is 33.3 Å². The van der Waals surface area contributed by atoms with Gasteiger partial charge in [0.05, 0.1) is 0 Å². The van der Waals surface area contributed by atoms with E-state index in [2.05, 4.69) is 9.69 Å². The Morgan fingerprint density at radius 3 is 2.66 bits per heavy atom. The maximum absolute atomic E-state index is 13.2. The number of carbonyl (C=O) groups is 2. The lowest BCUT2D eigenvalue weighted by atomic mass is 9.95. The first kappa shape index (κ1) is 20.3. The summed E-state index contributed by atoms with van der Waals surface area (Å²) in [5.74, 6) is 0.356. The molecule has 1 aromatic carbocycles. The minimum Gasteiger partial charge on any atom is -0.454 e. The molecule has 2 amide bonds. The van der Waals surface area contributed by atoms with E-state index in [-0.39, 0.29) is 40.3 Å². The molecule has 0 bridgehead atoms. The zero-order chi connectivity index (χ0) is 20.4. The van der Waals surface area contributed by atoms with Crippen LogP contribution >= 0.6 is 34.7 Å². The molecule has 2 heterocycles. The monoisotopic (exact) mass is 455 g/mol. The van der Waals surface area contributed by atoms with Crippen LogP contribution in [0.15, 0.2) is 18.2 Å². The normalized spacial score (nSPS) is 15.9. The number of carbonyl (C=O) groups excluding carboxylic acids is 2. The van der Waals surface area contributed by atoms with E-state index in [1.165, 1.54) is 11.3 Å². The molecule has 10 heteroatoms. The Hall–Kier alpha value is -2.03. The van der Waals surface area contributed by atoms with Gasteiger partial charge in [-0.1, -0.05) is 42.5 Å². The van der Waals surface area contributed by atoms with E-state index in [4.69, 9.17) is 32.7 Å². The summed E-state index contributed by atoms with van der Waals surface area (Å²) in [6, 6.07) is 5.20. The van der Waals surface area contributed by atoms with E-state index in [0.29, 0.717) is 17.2 Å². The highest BCUT2D eigenvalue weighted by atomic mass is 35.5. The van der Waals surface area contributed by atoms with E-state index in [1.54, 1.807) is 18.2 Å². The highest BCUT2D eigenvalue weighted by molar-refractivity contribution is 7.11. The van der Waals surface area contributed by atoms with E-state index >= 15 is 0 Å². The largest absolute Gasteiger partial charge is 0.454 e. The van der Waals surface area contributed by atoms with Crippen molar-refractivity contribution in [2.45, 2.75) is 38.1 Å². The number of anilines is 1. The van der Waals surface area contributed by atoms with Gasteiger partial charge in [0.25, 0.3) is 5.91 Å². The number of fused-ring (bicyclic) bond motifs is 1. The van der Waals surface area contributed by atoms with Crippen molar-refractivity contribution in [2.75, 3.05) is 18.2 Å². The number of hydrogen-bond acceptors (Lipinski definition) is 6. The van der Waals surface area contributed by atoms with Crippen molar-refractivity contribution in [3.8, 4) is 11.5 Å². The van der Waals surface area contributed by atoms with Crippen molar-refractivity contribution < 1.29 is 19.1 Å². The molecular formula is C19H19Cl2N3O4S. The fraction of sp³-hybridized carbons (Fsp3) is 0.421. The SMILES string of the molecule is O=C(CN(C(=O)c1nsc(Cl)c1Cl)c1ccc2c(c1)OCO2)NC1CCCCC1. The molecule has 0 atom stereocenters. The Kier molecular flexibility index (Phi) is 6.12. The summed E-state index contributed by atoms with van der Waals surface area (Å²) < 4.78 is 15.0. The van der Waals surface area contributed by atoms with Crippen molar-refractivity contribution in [3.63, 3.8) is 0 Å². The molecule has 29 heavy (non-hydrogen) atoms. The summed E-state index contributed by atoms with van der Waals surface area (Å²) in [6.07, 6.45) is 5.30. The first-order valence-corrected chi connectivity index (χ1v) is 10.9. The number of halogens is 2. The summed E-state index contributed by atoms with van der Waals surface area (Å²) in [7, 11) is 0. The highest BCUT2D eigenvalue weighted by Gasteiger charge is 2.28. The Balaban J connectivity index is 1.59. The maximum Gasteiger partial charge on any atom is 0.280 e. The Labute approximate surface area is 182 Å². The van der Waals surface area contributed by atoms with E-state index in [0.717, 1.165) is 37.2 Å². The molecule has 1 aromatic heterocycles. The molecule has 4 rings (SSSR count). The Morgan fingerprint density at radius 1 is 1.17 bits per heavy atom. The lowest BCUT2D eigenvalue weighted by Gasteiger charge is -2.26. The molecule has 1 aliphatic carbocycles. The summed E-state index contributed by atoms with van der Waals surface area (Å²) in [4.78, 5) is 27.2. The van der Waals surface area contributed by atoms with Crippen molar-refractivity contribution in [1.82, 2.24) is 9.69 Å². The van der Waals surface area contributed by atoms with Crippen LogP contribution in [0.3, 0.4) is 0 Å². The van der Waals surface area contributed by atoms with E-state index in [9.17, 15) is 9.59 Å². The van der Waals surface area contributed by atoms with Gasteiger partial charge in [0.2, 0.25) is 12.7 Å². The topological polar surface area (TPSA) is 80.8 Å². The second kappa shape index (κ2) is 8.77. The second-order valence-electron chi connectivity index (χ2n) is 6.95. The molecule has 0 unspecified atom stereocenters. The van der Waals surface area contributed by atoms with Gasteiger partial charge in [-0.15, -0.1) is 0 Å². The molecule has 1 saturated carbocycles. The lowest BCUT2D eigenvalue weighted by Crippen LogP contribution is -2.45. The van der Waals surface area contributed by atoms with Gasteiger partial charge >= 0.3 is 0 Å².